The van der Waals surface area contributed by atoms with E-state index in [0.717, 1.165) is 5.56 Å². The second-order valence-electron chi connectivity index (χ2n) is 2.88. The summed E-state index contributed by atoms with van der Waals surface area (Å²) in [6.07, 6.45) is 0. The Balaban J connectivity index is 3.25. The molecule has 1 unspecified atom stereocenters. The number of rotatable bonds is 2. The first-order chi connectivity index (χ1) is 6.07. The van der Waals surface area contributed by atoms with Gasteiger partial charge >= 0.3 is 0 Å². The number of hydrogen-bond donors (Lipinski definition) is 2. The van der Waals surface area contributed by atoms with Gasteiger partial charge in [-0.25, -0.2) is 4.39 Å². The summed E-state index contributed by atoms with van der Waals surface area (Å²) in [6.45, 7) is 1.51. The Morgan fingerprint density at radius 1 is 1.62 bits per heavy atom. The molecule has 72 valence electrons. The van der Waals surface area contributed by atoms with E-state index in [9.17, 15) is 4.39 Å². The van der Waals surface area contributed by atoms with E-state index in [4.69, 9.17) is 10.8 Å². The topological polar surface area (TPSA) is 46.2 Å². The highest BCUT2D eigenvalue weighted by Crippen LogP contribution is 2.25. The van der Waals surface area contributed by atoms with Gasteiger partial charge in [0.15, 0.2) is 0 Å². The predicted octanol–water partition coefficient (Wildman–Crippen LogP) is 1.89. The maximum Gasteiger partial charge on any atom is 0.142 e. The zero-order valence-electron chi connectivity index (χ0n) is 7.22. The normalized spacial score (nSPS) is 13.0. The molecule has 0 aromatic heterocycles. The fourth-order valence-corrected chi connectivity index (χ4v) is 1.56. The molecule has 0 aliphatic rings. The van der Waals surface area contributed by atoms with Crippen LogP contribution >= 0.6 is 15.9 Å². The van der Waals surface area contributed by atoms with E-state index in [1.165, 1.54) is 0 Å². The molecule has 1 rings (SSSR count). The first-order valence-electron chi connectivity index (χ1n) is 3.89. The van der Waals surface area contributed by atoms with Crippen molar-refractivity contribution in [2.75, 3.05) is 6.61 Å². The number of nitrogens with two attached hydrogens (primary N) is 1. The molecule has 1 aromatic carbocycles. The Kier molecular flexibility index (Phi) is 3.41. The molecule has 0 heterocycles. The molecule has 0 aliphatic heterocycles. The zero-order valence-corrected chi connectivity index (χ0v) is 8.81. The Labute approximate surface area is 84.7 Å². The SMILES string of the molecule is Cc1ccc(Br)c(F)c1C(N)CO. The van der Waals surface area contributed by atoms with Gasteiger partial charge in [0.25, 0.3) is 0 Å². The van der Waals surface area contributed by atoms with Crippen molar-refractivity contribution in [3.8, 4) is 0 Å². The van der Waals surface area contributed by atoms with Crippen LogP contribution < -0.4 is 5.73 Å². The predicted molar refractivity (Wildman–Crippen MR) is 52.9 cm³/mol. The highest BCUT2D eigenvalue weighted by Gasteiger charge is 2.15. The number of aryl methyl sites for hydroxylation is 1. The summed E-state index contributed by atoms with van der Waals surface area (Å²) in [4.78, 5) is 0. The van der Waals surface area contributed by atoms with E-state index in [0.29, 0.717) is 10.0 Å². The van der Waals surface area contributed by atoms with Gasteiger partial charge in [-0.1, -0.05) is 6.07 Å². The van der Waals surface area contributed by atoms with E-state index >= 15 is 0 Å². The molecule has 0 amide bonds. The molecular formula is C9H11BrFNO. The average molecular weight is 248 g/mol. The summed E-state index contributed by atoms with van der Waals surface area (Å²) in [5.74, 6) is -0.387. The van der Waals surface area contributed by atoms with Crippen molar-refractivity contribution < 1.29 is 9.50 Å². The van der Waals surface area contributed by atoms with Crippen LogP contribution in [0.1, 0.15) is 17.2 Å². The Bertz CT molecular complexity index is 317. The molecule has 1 atom stereocenters. The third kappa shape index (κ3) is 2.07. The number of aliphatic hydroxyl groups is 1. The molecule has 3 N–H and O–H groups in total. The Hall–Kier alpha value is -0.450. The van der Waals surface area contributed by atoms with Gasteiger partial charge in [-0.05, 0) is 34.5 Å². The first-order valence-corrected chi connectivity index (χ1v) is 4.68. The molecule has 2 nitrogen and oxygen atoms in total. The number of aliphatic hydroxyl groups excluding tert-OH is 1. The van der Waals surface area contributed by atoms with Crippen molar-refractivity contribution in [1.29, 1.82) is 0 Å². The number of halogens is 2. The summed E-state index contributed by atoms with van der Waals surface area (Å²) in [5, 5.41) is 8.82. The van der Waals surface area contributed by atoms with E-state index in [2.05, 4.69) is 15.9 Å². The van der Waals surface area contributed by atoms with Crippen molar-refractivity contribution in [2.24, 2.45) is 5.73 Å². The maximum atomic E-state index is 13.5. The van der Waals surface area contributed by atoms with Crippen LogP contribution in [0.3, 0.4) is 0 Å². The quantitative estimate of drug-likeness (QED) is 0.839. The van der Waals surface area contributed by atoms with Crippen molar-refractivity contribution in [2.45, 2.75) is 13.0 Å². The standard InChI is InChI=1S/C9H11BrFNO/c1-5-2-3-6(10)9(11)8(5)7(12)4-13/h2-3,7,13H,4,12H2,1H3. The Morgan fingerprint density at radius 2 is 2.23 bits per heavy atom. The van der Waals surface area contributed by atoms with Crippen molar-refractivity contribution in [1.82, 2.24) is 0 Å². The van der Waals surface area contributed by atoms with Crippen LogP contribution in [0.4, 0.5) is 4.39 Å². The lowest BCUT2D eigenvalue weighted by Gasteiger charge is -2.13. The molecular weight excluding hydrogens is 237 g/mol. The van der Waals surface area contributed by atoms with Gasteiger partial charge in [0.2, 0.25) is 0 Å². The maximum absolute atomic E-state index is 13.5. The van der Waals surface area contributed by atoms with Gasteiger partial charge in [0, 0.05) is 5.56 Å². The second kappa shape index (κ2) is 4.17. The van der Waals surface area contributed by atoms with E-state index in [-0.39, 0.29) is 12.4 Å². The number of benzene rings is 1. The average Bonchev–Trinajstić information content (AvgIpc) is 2.12. The van der Waals surface area contributed by atoms with Crippen molar-refractivity contribution in [3.05, 3.63) is 33.5 Å². The van der Waals surface area contributed by atoms with Crippen LogP contribution in [0.2, 0.25) is 0 Å². The third-order valence-electron chi connectivity index (χ3n) is 1.92. The van der Waals surface area contributed by atoms with Crippen molar-refractivity contribution >= 4 is 15.9 Å². The monoisotopic (exact) mass is 247 g/mol. The third-order valence-corrected chi connectivity index (χ3v) is 2.53. The van der Waals surface area contributed by atoms with Crippen LogP contribution in [0, 0.1) is 12.7 Å². The van der Waals surface area contributed by atoms with E-state index in [1.54, 1.807) is 19.1 Å². The molecule has 0 bridgehead atoms. The minimum atomic E-state index is -0.655. The van der Waals surface area contributed by atoms with Gasteiger partial charge in [0.05, 0.1) is 17.1 Å². The highest BCUT2D eigenvalue weighted by molar-refractivity contribution is 9.10. The molecule has 1 aromatic rings. The minimum absolute atomic E-state index is 0.256. The molecule has 0 spiro atoms. The molecule has 0 saturated carbocycles. The summed E-state index contributed by atoms with van der Waals surface area (Å²) in [7, 11) is 0. The molecule has 0 aliphatic carbocycles. The van der Waals surface area contributed by atoms with Gasteiger partial charge in [0.1, 0.15) is 5.82 Å². The minimum Gasteiger partial charge on any atom is -0.394 e. The Morgan fingerprint density at radius 3 is 2.77 bits per heavy atom. The summed E-state index contributed by atoms with van der Waals surface area (Å²) in [5.41, 5.74) is 6.68. The van der Waals surface area contributed by atoms with Crippen LogP contribution in [-0.2, 0) is 0 Å². The lowest BCUT2D eigenvalue weighted by molar-refractivity contribution is 0.265. The van der Waals surface area contributed by atoms with Crippen LogP contribution in [0.15, 0.2) is 16.6 Å². The second-order valence-corrected chi connectivity index (χ2v) is 3.74. The molecule has 0 saturated heterocycles. The van der Waals surface area contributed by atoms with Gasteiger partial charge in [-0.15, -0.1) is 0 Å². The lowest BCUT2D eigenvalue weighted by atomic mass is 10.0. The summed E-state index contributed by atoms with van der Waals surface area (Å²) >= 11 is 3.07. The van der Waals surface area contributed by atoms with Crippen molar-refractivity contribution in [3.63, 3.8) is 0 Å². The summed E-state index contributed by atoms with van der Waals surface area (Å²) < 4.78 is 13.8. The first kappa shape index (κ1) is 10.6. The zero-order chi connectivity index (χ0) is 10.0. The molecule has 4 heteroatoms. The molecule has 0 fully saturated rings. The van der Waals surface area contributed by atoms with Crippen LogP contribution in [0.25, 0.3) is 0 Å². The molecule has 13 heavy (non-hydrogen) atoms. The van der Waals surface area contributed by atoms with Gasteiger partial charge in [-0.3, -0.25) is 0 Å². The fourth-order valence-electron chi connectivity index (χ4n) is 1.21. The van der Waals surface area contributed by atoms with E-state index < -0.39 is 6.04 Å². The van der Waals surface area contributed by atoms with Crippen LogP contribution in [-0.4, -0.2) is 11.7 Å². The largest absolute Gasteiger partial charge is 0.394 e. The highest BCUT2D eigenvalue weighted by atomic mass is 79.9. The number of hydrogen-bond acceptors (Lipinski definition) is 2. The van der Waals surface area contributed by atoms with Gasteiger partial charge in [-0.2, -0.15) is 0 Å². The van der Waals surface area contributed by atoms with Crippen LogP contribution in [0.5, 0.6) is 0 Å². The summed E-state index contributed by atoms with van der Waals surface area (Å²) in [6, 6.07) is 2.73. The lowest BCUT2D eigenvalue weighted by Crippen LogP contribution is -2.17. The molecule has 0 radical (unpaired) electrons. The smallest absolute Gasteiger partial charge is 0.142 e. The fraction of sp³-hybridized carbons (Fsp3) is 0.333. The van der Waals surface area contributed by atoms with Gasteiger partial charge < -0.3 is 10.8 Å². The van der Waals surface area contributed by atoms with E-state index in [1.807, 2.05) is 0 Å².